The van der Waals surface area contributed by atoms with Gasteiger partial charge in [0.05, 0.1) is 11.2 Å². The minimum Gasteiger partial charge on any atom is -0.390 e. The average molecular weight is 250 g/mol. The van der Waals surface area contributed by atoms with E-state index in [2.05, 4.69) is 0 Å². The number of ether oxygens (including phenoxy) is 1. The van der Waals surface area contributed by atoms with Gasteiger partial charge < -0.3 is 9.84 Å². The molecule has 0 amide bonds. The second-order valence-corrected chi connectivity index (χ2v) is 6.27. The Morgan fingerprint density at radius 2 is 1.71 bits per heavy atom. The molecule has 2 unspecified atom stereocenters. The highest BCUT2D eigenvalue weighted by Gasteiger charge is 2.58. The topological polar surface area (TPSA) is 29.5 Å². The normalized spacial score (nSPS) is 48.7. The van der Waals surface area contributed by atoms with Crippen LogP contribution in [0.25, 0.3) is 0 Å². The van der Waals surface area contributed by atoms with Gasteiger partial charge >= 0.3 is 6.18 Å². The molecule has 0 aromatic heterocycles. The van der Waals surface area contributed by atoms with Crippen molar-refractivity contribution in [1.82, 2.24) is 0 Å². The van der Waals surface area contributed by atoms with Gasteiger partial charge in [0.25, 0.3) is 0 Å². The van der Waals surface area contributed by atoms with Gasteiger partial charge in [-0.25, -0.2) is 0 Å². The predicted octanol–water partition coefficient (Wildman–Crippen LogP) is 2.65. The van der Waals surface area contributed by atoms with Gasteiger partial charge in [-0.3, -0.25) is 0 Å². The molecule has 0 heterocycles. The van der Waals surface area contributed by atoms with Crippen LogP contribution in [0, 0.1) is 11.8 Å². The van der Waals surface area contributed by atoms with Crippen LogP contribution in [0.5, 0.6) is 0 Å². The Hall–Kier alpha value is -0.290. The number of hydrogen-bond acceptors (Lipinski definition) is 2. The molecule has 2 nitrogen and oxygen atoms in total. The van der Waals surface area contributed by atoms with Crippen LogP contribution >= 0.6 is 0 Å². The molecular formula is C12H17F3O2. The second-order valence-electron chi connectivity index (χ2n) is 6.27. The summed E-state index contributed by atoms with van der Waals surface area (Å²) in [6.07, 6.45) is 0.0690. The van der Waals surface area contributed by atoms with E-state index in [9.17, 15) is 18.3 Å². The highest BCUT2D eigenvalue weighted by Crippen LogP contribution is 2.58. The summed E-state index contributed by atoms with van der Waals surface area (Å²) in [5.74, 6) is 0.712. The van der Waals surface area contributed by atoms with Crippen LogP contribution in [0.15, 0.2) is 0 Å². The maximum Gasteiger partial charge on any atom is 0.411 e. The van der Waals surface area contributed by atoms with Crippen LogP contribution < -0.4 is 0 Å². The SMILES string of the molecule is OC12CC3CC(C1)CC(OCC(F)(F)F)(C3)C2. The van der Waals surface area contributed by atoms with E-state index in [4.69, 9.17) is 4.74 Å². The van der Waals surface area contributed by atoms with Gasteiger partial charge in [-0.2, -0.15) is 13.2 Å². The molecule has 2 atom stereocenters. The standard InChI is InChI=1S/C12H17F3O2/c13-12(14,15)7-17-11-4-8-1-9(5-11)3-10(16,2-8)6-11/h8-9,16H,1-7H2. The lowest BCUT2D eigenvalue weighted by atomic mass is 9.52. The van der Waals surface area contributed by atoms with Crippen molar-refractivity contribution in [1.29, 1.82) is 0 Å². The van der Waals surface area contributed by atoms with Gasteiger partial charge in [0.15, 0.2) is 0 Å². The molecule has 0 saturated heterocycles. The number of rotatable bonds is 2. The number of alkyl halides is 3. The molecule has 0 aliphatic heterocycles. The quantitative estimate of drug-likeness (QED) is 0.816. The zero-order valence-corrected chi connectivity index (χ0v) is 9.59. The molecule has 4 saturated carbocycles. The van der Waals surface area contributed by atoms with Crippen LogP contribution in [-0.4, -0.2) is 29.1 Å². The first kappa shape index (κ1) is 11.8. The molecule has 0 aromatic carbocycles. The van der Waals surface area contributed by atoms with E-state index in [1.54, 1.807) is 0 Å². The lowest BCUT2D eigenvalue weighted by molar-refractivity contribution is -0.261. The molecular weight excluding hydrogens is 233 g/mol. The number of halogens is 3. The van der Waals surface area contributed by atoms with Gasteiger partial charge in [-0.05, 0) is 43.9 Å². The molecule has 17 heavy (non-hydrogen) atoms. The van der Waals surface area contributed by atoms with Crippen molar-refractivity contribution in [3.8, 4) is 0 Å². The van der Waals surface area contributed by atoms with Crippen molar-refractivity contribution >= 4 is 0 Å². The zero-order valence-electron chi connectivity index (χ0n) is 9.59. The van der Waals surface area contributed by atoms with Crippen molar-refractivity contribution in [2.45, 2.75) is 55.9 Å². The predicted molar refractivity (Wildman–Crippen MR) is 54.4 cm³/mol. The first-order chi connectivity index (χ1) is 7.78. The summed E-state index contributed by atoms with van der Waals surface area (Å²) < 4.78 is 41.9. The van der Waals surface area contributed by atoms with E-state index in [1.165, 1.54) is 0 Å². The molecule has 4 aliphatic carbocycles. The fraction of sp³-hybridized carbons (Fsp3) is 1.00. The summed E-state index contributed by atoms with van der Waals surface area (Å²) in [5.41, 5.74) is -1.45. The Kier molecular flexibility index (Phi) is 2.34. The first-order valence-electron chi connectivity index (χ1n) is 6.21. The van der Waals surface area contributed by atoms with Crippen LogP contribution in [0.2, 0.25) is 0 Å². The maximum atomic E-state index is 12.2. The van der Waals surface area contributed by atoms with Crippen molar-refractivity contribution < 1.29 is 23.0 Å². The largest absolute Gasteiger partial charge is 0.411 e. The van der Waals surface area contributed by atoms with Gasteiger partial charge in [0.1, 0.15) is 6.61 Å². The smallest absolute Gasteiger partial charge is 0.390 e. The number of aliphatic hydroxyl groups is 1. The lowest BCUT2D eigenvalue weighted by Crippen LogP contribution is -2.60. The molecule has 5 heteroatoms. The Balaban J connectivity index is 1.75. The molecule has 4 aliphatic rings. The lowest BCUT2D eigenvalue weighted by Gasteiger charge is -2.59. The Morgan fingerprint density at radius 3 is 2.18 bits per heavy atom. The van der Waals surface area contributed by atoms with Crippen molar-refractivity contribution in [2.24, 2.45) is 11.8 Å². The summed E-state index contributed by atoms with van der Waals surface area (Å²) >= 11 is 0. The first-order valence-corrected chi connectivity index (χ1v) is 6.21. The van der Waals surface area contributed by atoms with Crippen molar-refractivity contribution in [3.63, 3.8) is 0 Å². The summed E-state index contributed by atoms with van der Waals surface area (Å²) in [6.45, 7) is -1.18. The van der Waals surface area contributed by atoms with E-state index >= 15 is 0 Å². The Bertz CT molecular complexity index is 312. The molecule has 4 bridgehead atoms. The molecule has 0 aromatic rings. The zero-order chi connectivity index (χ0) is 12.3. The summed E-state index contributed by atoms with van der Waals surface area (Å²) in [5, 5.41) is 10.3. The van der Waals surface area contributed by atoms with Crippen molar-refractivity contribution in [2.75, 3.05) is 6.61 Å². The van der Waals surface area contributed by atoms with Crippen LogP contribution in [0.1, 0.15) is 38.5 Å². The minimum absolute atomic E-state index is 0.356. The van der Waals surface area contributed by atoms with E-state index in [0.717, 1.165) is 19.3 Å². The number of hydrogen-bond donors (Lipinski definition) is 1. The highest BCUT2D eigenvalue weighted by atomic mass is 19.4. The van der Waals surface area contributed by atoms with Crippen molar-refractivity contribution in [3.05, 3.63) is 0 Å². The van der Waals surface area contributed by atoms with Gasteiger partial charge in [0.2, 0.25) is 0 Å². The van der Waals surface area contributed by atoms with E-state index in [1.807, 2.05) is 0 Å². The Labute approximate surface area is 98.1 Å². The van der Waals surface area contributed by atoms with Crippen LogP contribution in [0.3, 0.4) is 0 Å². The summed E-state index contributed by atoms with van der Waals surface area (Å²) in [4.78, 5) is 0. The maximum absolute atomic E-state index is 12.2. The third-order valence-electron chi connectivity index (χ3n) is 4.52. The monoisotopic (exact) mass is 250 g/mol. The second kappa shape index (κ2) is 3.38. The average Bonchev–Trinajstić information content (AvgIpc) is 2.09. The third-order valence-corrected chi connectivity index (χ3v) is 4.52. The summed E-state index contributed by atoms with van der Waals surface area (Å²) in [6, 6.07) is 0. The molecule has 4 fully saturated rings. The van der Waals surface area contributed by atoms with Gasteiger partial charge in [-0.15, -0.1) is 0 Å². The molecule has 98 valence electrons. The molecule has 4 rings (SSSR count). The minimum atomic E-state index is -4.27. The van der Waals surface area contributed by atoms with E-state index in [-0.39, 0.29) is 0 Å². The van der Waals surface area contributed by atoms with Crippen LogP contribution in [-0.2, 0) is 4.74 Å². The van der Waals surface area contributed by atoms with Crippen LogP contribution in [0.4, 0.5) is 13.2 Å². The van der Waals surface area contributed by atoms with Gasteiger partial charge in [-0.1, -0.05) is 0 Å². The van der Waals surface area contributed by atoms with E-state index in [0.29, 0.717) is 31.1 Å². The molecule has 1 N–H and O–H groups in total. The fourth-order valence-corrected chi connectivity index (χ4v) is 4.53. The fourth-order valence-electron chi connectivity index (χ4n) is 4.53. The van der Waals surface area contributed by atoms with E-state index < -0.39 is 24.0 Å². The molecule has 0 radical (unpaired) electrons. The molecule has 0 spiro atoms. The van der Waals surface area contributed by atoms with Gasteiger partial charge in [0, 0.05) is 6.42 Å². The Morgan fingerprint density at radius 1 is 1.12 bits per heavy atom. The highest BCUT2D eigenvalue weighted by molar-refractivity contribution is 5.09. The third kappa shape index (κ3) is 2.19. The summed E-state index contributed by atoms with van der Waals surface area (Å²) in [7, 11) is 0.